The maximum atomic E-state index is 13.3. The highest BCUT2D eigenvalue weighted by Crippen LogP contribution is 2.22. The van der Waals surface area contributed by atoms with Crippen LogP contribution in [0.5, 0.6) is 0 Å². The molecule has 1 aliphatic rings. The van der Waals surface area contributed by atoms with E-state index in [1.54, 1.807) is 13.8 Å². The van der Waals surface area contributed by atoms with Crippen LogP contribution in [0.25, 0.3) is 0 Å². The van der Waals surface area contributed by atoms with Gasteiger partial charge in [0.25, 0.3) is 5.91 Å². The Balaban J connectivity index is 2.18. The van der Waals surface area contributed by atoms with E-state index in [0.717, 1.165) is 17.0 Å². The average Bonchev–Trinajstić information content (AvgIpc) is 2.48. The first-order chi connectivity index (χ1) is 11.6. The molecule has 7 nitrogen and oxygen atoms in total. The van der Waals surface area contributed by atoms with Gasteiger partial charge in [-0.05, 0) is 31.5 Å². The summed E-state index contributed by atoms with van der Waals surface area (Å²) >= 11 is 0. The summed E-state index contributed by atoms with van der Waals surface area (Å²) in [5.41, 5.74) is 5.95. The van der Waals surface area contributed by atoms with E-state index in [4.69, 9.17) is 5.73 Å². The van der Waals surface area contributed by atoms with Gasteiger partial charge in [0, 0.05) is 18.5 Å². The monoisotopic (exact) mass is 353 g/mol. The molecule has 0 aromatic heterocycles. The molecule has 3 N–H and O–H groups in total. The van der Waals surface area contributed by atoms with Crippen molar-refractivity contribution >= 4 is 23.6 Å². The smallest absolute Gasteiger partial charge is 0.324 e. The van der Waals surface area contributed by atoms with E-state index in [-0.39, 0.29) is 5.56 Å². The Morgan fingerprint density at radius 3 is 2.44 bits per heavy atom. The van der Waals surface area contributed by atoms with Crippen LogP contribution in [-0.2, 0) is 14.4 Å². The highest BCUT2D eigenvalue weighted by atomic mass is 19.2. The second-order valence-electron chi connectivity index (χ2n) is 5.98. The lowest BCUT2D eigenvalue weighted by molar-refractivity contribution is -0.148. The molecular weight excluding hydrogens is 336 g/mol. The number of halogens is 2. The van der Waals surface area contributed by atoms with E-state index in [1.165, 1.54) is 6.07 Å². The van der Waals surface area contributed by atoms with Crippen molar-refractivity contribution in [3.8, 4) is 0 Å². The third-order valence-corrected chi connectivity index (χ3v) is 3.83. The van der Waals surface area contributed by atoms with Crippen LogP contribution in [0.3, 0.4) is 0 Å². The molecule has 0 spiro atoms. The first-order valence-electron chi connectivity index (χ1n) is 7.54. The fourth-order valence-electron chi connectivity index (χ4n) is 2.56. The Hall–Kier alpha value is -2.68. The van der Waals surface area contributed by atoms with Crippen LogP contribution in [-0.4, -0.2) is 34.6 Å². The van der Waals surface area contributed by atoms with Crippen LogP contribution in [0.2, 0.25) is 0 Å². The number of urea groups is 1. The summed E-state index contributed by atoms with van der Waals surface area (Å²) in [6.45, 7) is 3.11. The van der Waals surface area contributed by atoms with Gasteiger partial charge in [0.1, 0.15) is 0 Å². The number of barbiturate groups is 1. The number of nitrogens with one attached hydrogen (secondary N) is 1. The van der Waals surface area contributed by atoms with E-state index in [1.807, 2.05) is 5.32 Å². The largest absolute Gasteiger partial charge is 0.331 e. The molecule has 4 amide bonds. The number of Topliss-reactive ketones (excluding diaryl/α,β-unsaturated/α-hetero) is 1. The van der Waals surface area contributed by atoms with E-state index < -0.39 is 59.7 Å². The highest BCUT2D eigenvalue weighted by Gasteiger charge is 2.45. The third kappa shape index (κ3) is 3.71. The molecule has 2 atom stereocenters. The molecule has 2 rings (SSSR count). The van der Waals surface area contributed by atoms with Gasteiger partial charge in [-0.25, -0.2) is 13.6 Å². The zero-order chi connectivity index (χ0) is 18.9. The van der Waals surface area contributed by atoms with Crippen molar-refractivity contribution < 1.29 is 28.0 Å². The normalized spacial score (nSPS) is 19.2. The molecule has 1 aromatic carbocycles. The van der Waals surface area contributed by atoms with Crippen molar-refractivity contribution in [1.29, 1.82) is 0 Å². The average molecular weight is 353 g/mol. The molecule has 0 radical (unpaired) electrons. The van der Waals surface area contributed by atoms with Crippen LogP contribution in [0.4, 0.5) is 13.6 Å². The van der Waals surface area contributed by atoms with Crippen LogP contribution in [0.15, 0.2) is 18.2 Å². The Kier molecular flexibility index (Phi) is 5.27. The van der Waals surface area contributed by atoms with Crippen molar-refractivity contribution in [2.45, 2.75) is 32.4 Å². The van der Waals surface area contributed by atoms with Gasteiger partial charge in [-0.1, -0.05) is 6.07 Å². The number of benzene rings is 1. The van der Waals surface area contributed by atoms with Gasteiger partial charge in [-0.3, -0.25) is 24.6 Å². The first kappa shape index (κ1) is 18.7. The second-order valence-corrected chi connectivity index (χ2v) is 5.98. The Morgan fingerprint density at radius 2 is 1.88 bits per heavy atom. The minimum atomic E-state index is -1.70. The first-order valence-corrected chi connectivity index (χ1v) is 7.54. The van der Waals surface area contributed by atoms with E-state index in [2.05, 4.69) is 0 Å². The van der Waals surface area contributed by atoms with Crippen molar-refractivity contribution in [3.05, 3.63) is 35.4 Å². The molecule has 1 fully saturated rings. The lowest BCUT2D eigenvalue weighted by atomic mass is 9.92. The maximum absolute atomic E-state index is 13.3. The molecule has 1 aliphatic heterocycles. The summed E-state index contributed by atoms with van der Waals surface area (Å²) in [4.78, 5) is 49.1. The lowest BCUT2D eigenvalue weighted by Crippen LogP contribution is -2.61. The molecule has 1 heterocycles. The molecule has 1 saturated heterocycles. The van der Waals surface area contributed by atoms with Gasteiger partial charge < -0.3 is 5.73 Å². The number of rotatable bonds is 5. The zero-order valence-electron chi connectivity index (χ0n) is 13.6. The number of ketones is 1. The number of hydrogen-bond donors (Lipinski definition) is 2. The molecular formula is C16H17F2N3O4. The lowest BCUT2D eigenvalue weighted by Gasteiger charge is -2.32. The molecule has 1 unspecified atom stereocenters. The topological polar surface area (TPSA) is 110 Å². The number of hydrogen-bond acceptors (Lipinski definition) is 5. The zero-order valence-corrected chi connectivity index (χ0v) is 13.6. The van der Waals surface area contributed by atoms with E-state index in [0.29, 0.717) is 0 Å². The summed E-state index contributed by atoms with van der Waals surface area (Å²) < 4.78 is 26.2. The van der Waals surface area contributed by atoms with Crippen LogP contribution in [0, 0.1) is 17.6 Å². The summed E-state index contributed by atoms with van der Waals surface area (Å²) in [5, 5.41) is 1.96. The molecule has 134 valence electrons. The summed E-state index contributed by atoms with van der Waals surface area (Å²) in [5.74, 6) is -6.63. The minimum absolute atomic E-state index is 0.146. The van der Waals surface area contributed by atoms with Crippen molar-refractivity contribution in [2.24, 2.45) is 11.7 Å². The van der Waals surface area contributed by atoms with Gasteiger partial charge in [0.05, 0.1) is 0 Å². The second kappa shape index (κ2) is 7.06. The maximum Gasteiger partial charge on any atom is 0.331 e. The quantitative estimate of drug-likeness (QED) is 0.768. The summed E-state index contributed by atoms with van der Waals surface area (Å²) in [6, 6.07) is 0.457. The molecule has 0 aliphatic carbocycles. The number of imide groups is 2. The number of carbonyl (C=O) groups is 4. The van der Waals surface area contributed by atoms with Gasteiger partial charge in [-0.2, -0.15) is 0 Å². The summed E-state index contributed by atoms with van der Waals surface area (Å²) in [7, 11) is 0. The molecule has 25 heavy (non-hydrogen) atoms. The predicted molar refractivity (Wildman–Crippen MR) is 81.9 cm³/mol. The van der Waals surface area contributed by atoms with Crippen molar-refractivity contribution in [1.82, 2.24) is 10.2 Å². The van der Waals surface area contributed by atoms with Crippen LogP contribution < -0.4 is 11.1 Å². The number of amides is 4. The fourth-order valence-corrected chi connectivity index (χ4v) is 2.56. The van der Waals surface area contributed by atoms with Crippen LogP contribution in [0.1, 0.15) is 31.9 Å². The predicted octanol–water partition coefficient (Wildman–Crippen LogP) is 1.03. The van der Waals surface area contributed by atoms with Gasteiger partial charge in [-0.15, -0.1) is 0 Å². The van der Waals surface area contributed by atoms with E-state index in [9.17, 15) is 28.0 Å². The van der Waals surface area contributed by atoms with Crippen molar-refractivity contribution in [3.63, 3.8) is 0 Å². The molecule has 0 bridgehead atoms. The molecule has 1 aromatic rings. The Labute approximate surface area is 142 Å². The van der Waals surface area contributed by atoms with Crippen molar-refractivity contribution in [2.75, 3.05) is 0 Å². The van der Waals surface area contributed by atoms with Crippen LogP contribution >= 0.6 is 0 Å². The van der Waals surface area contributed by atoms with E-state index >= 15 is 0 Å². The van der Waals surface area contributed by atoms with Gasteiger partial charge >= 0.3 is 6.03 Å². The fraction of sp³-hybridized carbons (Fsp3) is 0.375. The molecule has 9 heteroatoms. The number of nitrogens with zero attached hydrogens (tertiary/aromatic N) is 1. The third-order valence-electron chi connectivity index (χ3n) is 3.83. The van der Waals surface area contributed by atoms with Gasteiger partial charge in [0.2, 0.25) is 5.91 Å². The Bertz CT molecular complexity index is 751. The molecule has 0 saturated carbocycles. The Morgan fingerprint density at radius 1 is 1.24 bits per heavy atom. The highest BCUT2D eigenvalue weighted by molar-refractivity contribution is 6.26. The summed E-state index contributed by atoms with van der Waals surface area (Å²) in [6.07, 6.45) is -0.449. The number of nitrogens with two attached hydrogens (primary N) is 1. The standard InChI is InChI=1S/C16H17F2N3O4/c1-7(2)21-15(24)13(14(23)20-16(21)25)12(22)6-11(19)8-3-4-9(17)10(18)5-8/h3-5,7,11,13H,6,19H2,1-2H3,(H,20,23,25)/t11-,13?/m1/s1. The van der Waals surface area contributed by atoms with Gasteiger partial charge in [0.15, 0.2) is 23.3 Å². The minimum Gasteiger partial charge on any atom is -0.324 e. The number of carbonyl (C=O) groups excluding carboxylic acids is 4. The SMILES string of the molecule is CC(C)N1C(=O)NC(=O)C(C(=O)C[C@@H](N)c2ccc(F)c(F)c2)C1=O.